The first-order chi connectivity index (χ1) is 15.7. The fraction of sp³-hybridized carbons (Fsp3) is 0.348. The summed E-state index contributed by atoms with van der Waals surface area (Å²) >= 11 is 0. The van der Waals surface area contributed by atoms with Gasteiger partial charge < -0.3 is 15.7 Å². The number of hydrogen-bond donors (Lipinski definition) is 6. The van der Waals surface area contributed by atoms with Crippen molar-refractivity contribution < 1.29 is 28.6 Å². The number of carbonyl (C=O) groups excluding carboxylic acids is 2. The van der Waals surface area contributed by atoms with E-state index in [1.807, 2.05) is 18.2 Å². The molecule has 0 saturated carbocycles. The summed E-state index contributed by atoms with van der Waals surface area (Å²) in [5, 5.41) is 13.5. The number of hydrogen-bond acceptors (Lipinski definition) is 5. The van der Waals surface area contributed by atoms with Gasteiger partial charge in [0, 0.05) is 13.0 Å². The third kappa shape index (κ3) is 7.21. The van der Waals surface area contributed by atoms with Crippen LogP contribution in [0.2, 0.25) is 0 Å². The van der Waals surface area contributed by atoms with Crippen LogP contribution in [0.15, 0.2) is 54.6 Å². The Morgan fingerprint density at radius 3 is 2.33 bits per heavy atom. The molecule has 0 bridgehead atoms. The first-order valence-electron chi connectivity index (χ1n) is 10.7. The van der Waals surface area contributed by atoms with Crippen molar-refractivity contribution in [2.24, 2.45) is 0 Å². The normalized spacial score (nSPS) is 18.7. The fourth-order valence-electron chi connectivity index (χ4n) is 3.77. The monoisotopic (exact) mass is 475 g/mol. The van der Waals surface area contributed by atoms with Gasteiger partial charge in [-0.25, -0.2) is 4.79 Å². The first-order valence-corrected chi connectivity index (χ1v) is 12.3. The van der Waals surface area contributed by atoms with Gasteiger partial charge in [0.1, 0.15) is 11.3 Å². The summed E-state index contributed by atoms with van der Waals surface area (Å²) in [4.78, 5) is 35.3. The number of carboxylic acid groups (broad SMARTS) is 1. The first kappa shape index (κ1) is 24.6. The van der Waals surface area contributed by atoms with Crippen molar-refractivity contribution in [1.29, 1.82) is 0 Å². The van der Waals surface area contributed by atoms with Crippen LogP contribution in [0.25, 0.3) is 0 Å². The maximum Gasteiger partial charge on any atom is 0.405 e. The maximum atomic E-state index is 12.6. The van der Waals surface area contributed by atoms with Crippen LogP contribution in [0.3, 0.4) is 0 Å². The van der Waals surface area contributed by atoms with E-state index in [4.69, 9.17) is 5.11 Å². The number of benzene rings is 2. The van der Waals surface area contributed by atoms with Gasteiger partial charge in [0.15, 0.2) is 0 Å². The second kappa shape index (κ2) is 11.2. The molecule has 2 atom stereocenters. The zero-order valence-corrected chi connectivity index (χ0v) is 18.9. The molecule has 3 amide bonds. The highest BCUT2D eigenvalue weighted by Gasteiger charge is 2.37. The Bertz CT molecular complexity index is 968. The Hall–Kier alpha value is -3.08. The second-order valence-electron chi connectivity index (χ2n) is 7.99. The topological polar surface area (TPSA) is 148 Å². The zero-order valence-electron chi connectivity index (χ0n) is 18.1. The molecule has 1 aliphatic heterocycles. The molecule has 2 aromatic carbocycles. The number of amides is 3. The molecular weight excluding hydrogens is 446 g/mol. The van der Waals surface area contributed by atoms with Crippen molar-refractivity contribution in [2.75, 3.05) is 6.54 Å². The molecule has 2 aromatic rings. The summed E-state index contributed by atoms with van der Waals surface area (Å²) in [6.07, 6.45) is 1.42. The van der Waals surface area contributed by atoms with Gasteiger partial charge in [-0.2, -0.15) is 0 Å². The molecule has 0 aromatic heterocycles. The molecule has 0 aliphatic carbocycles. The molecule has 6 N–H and O–H groups in total. The zero-order chi connectivity index (χ0) is 23.8. The molecule has 0 spiro atoms. The van der Waals surface area contributed by atoms with E-state index in [1.165, 1.54) is 5.56 Å². The molecule has 1 saturated heterocycles. The standard InChI is InChI=1S/C23H29N3O6S/c27-21-15-20(33(31,32)26-21)18-11-9-17(10-12-18)14-19(25-23(29)30)22(28)24-13-5-4-8-16-6-2-1-3-7-16/h1-3,6-7,9-12,19-20,25,31-32H,4-5,8,13-15H2,(H,24,28)(H,26,27)(H,29,30)/t19-,20?/m0/s1. The Morgan fingerprint density at radius 1 is 1.03 bits per heavy atom. The molecule has 1 unspecified atom stereocenters. The molecule has 0 radical (unpaired) electrons. The lowest BCUT2D eigenvalue weighted by Crippen LogP contribution is -2.47. The second-order valence-corrected chi connectivity index (χ2v) is 9.95. The quantitative estimate of drug-likeness (QED) is 0.291. The maximum absolute atomic E-state index is 12.6. The van der Waals surface area contributed by atoms with Gasteiger partial charge in [-0.1, -0.05) is 54.6 Å². The highest BCUT2D eigenvalue weighted by molar-refractivity contribution is 8.23. The highest BCUT2D eigenvalue weighted by Crippen LogP contribution is 2.56. The van der Waals surface area contributed by atoms with Crippen LogP contribution >= 0.6 is 10.8 Å². The summed E-state index contributed by atoms with van der Waals surface area (Å²) in [5.74, 6) is -0.823. The molecule has 10 heteroatoms. The largest absolute Gasteiger partial charge is 0.465 e. The van der Waals surface area contributed by atoms with E-state index in [9.17, 15) is 23.5 Å². The molecule has 33 heavy (non-hydrogen) atoms. The molecule has 1 fully saturated rings. The lowest BCUT2D eigenvalue weighted by Gasteiger charge is -2.32. The molecule has 1 heterocycles. The summed E-state index contributed by atoms with van der Waals surface area (Å²) < 4.78 is 22.2. The summed E-state index contributed by atoms with van der Waals surface area (Å²) in [5.41, 5.74) is 2.52. The Kier molecular flexibility index (Phi) is 8.32. The van der Waals surface area contributed by atoms with Gasteiger partial charge in [0.2, 0.25) is 11.8 Å². The predicted octanol–water partition coefficient (Wildman–Crippen LogP) is 3.23. The Labute approximate surface area is 194 Å². The summed E-state index contributed by atoms with van der Waals surface area (Å²) in [6.45, 7) is 0.447. The molecule has 9 nitrogen and oxygen atoms in total. The smallest absolute Gasteiger partial charge is 0.405 e. The fourth-order valence-corrected chi connectivity index (χ4v) is 5.25. The van der Waals surface area contributed by atoms with Gasteiger partial charge in [0.05, 0.1) is 6.42 Å². The van der Waals surface area contributed by atoms with E-state index >= 15 is 0 Å². The lowest BCUT2D eigenvalue weighted by molar-refractivity contribution is -0.123. The number of rotatable bonds is 10. The SMILES string of the molecule is O=C(O)N[C@@H](Cc1ccc(C2CC(=O)NS2(O)O)cc1)C(=O)NCCCCc1ccccc1. The van der Waals surface area contributed by atoms with Crippen LogP contribution in [0, 0.1) is 0 Å². The van der Waals surface area contributed by atoms with E-state index < -0.39 is 40.0 Å². The third-order valence-corrected chi connectivity index (χ3v) is 7.23. The van der Waals surface area contributed by atoms with Gasteiger partial charge in [-0.05, 0) is 36.0 Å². The minimum Gasteiger partial charge on any atom is -0.465 e. The number of carbonyl (C=O) groups is 3. The van der Waals surface area contributed by atoms with E-state index in [2.05, 4.69) is 27.5 Å². The Balaban J connectivity index is 1.52. The van der Waals surface area contributed by atoms with Crippen LogP contribution in [-0.2, 0) is 22.4 Å². The lowest BCUT2D eigenvalue weighted by atomic mass is 10.0. The van der Waals surface area contributed by atoms with Crippen LogP contribution in [0.1, 0.15) is 41.2 Å². The third-order valence-electron chi connectivity index (χ3n) is 5.47. The molecule has 178 valence electrons. The molecule has 1 aliphatic rings. The van der Waals surface area contributed by atoms with E-state index in [1.54, 1.807) is 24.3 Å². The van der Waals surface area contributed by atoms with Crippen molar-refractivity contribution >= 4 is 28.7 Å². The van der Waals surface area contributed by atoms with Crippen molar-refractivity contribution in [3.63, 3.8) is 0 Å². The van der Waals surface area contributed by atoms with Crippen molar-refractivity contribution in [1.82, 2.24) is 15.4 Å². The molecular formula is C23H29N3O6S. The average molecular weight is 476 g/mol. The van der Waals surface area contributed by atoms with Gasteiger partial charge in [-0.3, -0.25) is 23.4 Å². The minimum atomic E-state index is -3.24. The molecule has 3 rings (SSSR count). The number of unbranched alkanes of at least 4 members (excludes halogenated alkanes) is 1. The number of aryl methyl sites for hydroxylation is 1. The van der Waals surface area contributed by atoms with Crippen LogP contribution in [-0.4, -0.2) is 44.7 Å². The van der Waals surface area contributed by atoms with E-state index in [0.717, 1.165) is 19.3 Å². The number of nitrogens with one attached hydrogen (secondary N) is 3. The summed E-state index contributed by atoms with van der Waals surface area (Å²) in [7, 11) is -3.24. The minimum absolute atomic E-state index is 0.0163. The van der Waals surface area contributed by atoms with E-state index in [0.29, 0.717) is 17.7 Å². The van der Waals surface area contributed by atoms with Crippen molar-refractivity contribution in [3.05, 3.63) is 71.3 Å². The highest BCUT2D eigenvalue weighted by atomic mass is 32.3. The van der Waals surface area contributed by atoms with Crippen LogP contribution in [0.5, 0.6) is 0 Å². The van der Waals surface area contributed by atoms with E-state index in [-0.39, 0.29) is 12.8 Å². The average Bonchev–Trinajstić information content (AvgIpc) is 3.05. The van der Waals surface area contributed by atoms with Gasteiger partial charge in [0.25, 0.3) is 0 Å². The van der Waals surface area contributed by atoms with Gasteiger partial charge >= 0.3 is 6.09 Å². The predicted molar refractivity (Wildman–Crippen MR) is 126 cm³/mol. The Morgan fingerprint density at radius 2 is 1.73 bits per heavy atom. The summed E-state index contributed by atoms with van der Waals surface area (Å²) in [6, 6.07) is 15.8. The van der Waals surface area contributed by atoms with Gasteiger partial charge in [-0.15, -0.1) is 10.8 Å². The van der Waals surface area contributed by atoms with Crippen LogP contribution < -0.4 is 15.4 Å². The van der Waals surface area contributed by atoms with Crippen LogP contribution in [0.4, 0.5) is 4.79 Å². The van der Waals surface area contributed by atoms with Crippen molar-refractivity contribution in [2.45, 2.75) is 43.4 Å². The van der Waals surface area contributed by atoms with Crippen molar-refractivity contribution in [3.8, 4) is 0 Å².